The fourth-order valence-electron chi connectivity index (χ4n) is 1.74. The lowest BCUT2D eigenvalue weighted by molar-refractivity contribution is -0.129. The number of hydrogen-bond donors (Lipinski definition) is 2. The smallest absolute Gasteiger partial charge is 0.227 e. The van der Waals surface area contributed by atoms with Crippen molar-refractivity contribution in [2.24, 2.45) is 11.1 Å². The molecule has 1 rings (SSSR count). The van der Waals surface area contributed by atoms with Crippen molar-refractivity contribution < 1.29 is 4.79 Å². The highest BCUT2D eigenvalue weighted by Gasteiger charge is 2.27. The van der Waals surface area contributed by atoms with E-state index < -0.39 is 5.41 Å². The van der Waals surface area contributed by atoms with Gasteiger partial charge in [-0.2, -0.15) is 0 Å². The van der Waals surface area contributed by atoms with Gasteiger partial charge < -0.3 is 11.1 Å². The Morgan fingerprint density at radius 2 is 1.94 bits per heavy atom. The lowest BCUT2D eigenvalue weighted by Gasteiger charge is -2.26. The van der Waals surface area contributed by atoms with Crippen LogP contribution in [0.5, 0.6) is 0 Å². The van der Waals surface area contributed by atoms with Gasteiger partial charge in [0.05, 0.1) is 11.5 Å². The van der Waals surface area contributed by atoms with Crippen LogP contribution < -0.4 is 11.1 Å². The van der Waals surface area contributed by atoms with Crippen molar-refractivity contribution in [2.45, 2.75) is 39.7 Å². The van der Waals surface area contributed by atoms with E-state index in [1.54, 1.807) is 0 Å². The maximum atomic E-state index is 12.2. The summed E-state index contributed by atoms with van der Waals surface area (Å²) in [5.74, 6) is 0.0207. The van der Waals surface area contributed by atoms with Gasteiger partial charge in [0.1, 0.15) is 0 Å². The van der Waals surface area contributed by atoms with E-state index in [1.165, 1.54) is 0 Å². The first-order chi connectivity index (χ1) is 8.51. The van der Waals surface area contributed by atoms with E-state index >= 15 is 0 Å². The molecule has 3 heteroatoms. The fourth-order valence-corrected chi connectivity index (χ4v) is 1.74. The summed E-state index contributed by atoms with van der Waals surface area (Å²) in [6.07, 6.45) is 1.97. The van der Waals surface area contributed by atoms with Gasteiger partial charge in [-0.3, -0.25) is 4.79 Å². The molecule has 0 aromatic heterocycles. The van der Waals surface area contributed by atoms with E-state index in [-0.39, 0.29) is 11.9 Å². The summed E-state index contributed by atoms with van der Waals surface area (Å²) in [4.78, 5) is 12.2. The summed E-state index contributed by atoms with van der Waals surface area (Å²) in [6.45, 7) is 6.22. The summed E-state index contributed by atoms with van der Waals surface area (Å²) in [5.41, 5.74) is 6.27. The van der Waals surface area contributed by atoms with Crippen molar-refractivity contribution in [2.75, 3.05) is 6.54 Å². The van der Waals surface area contributed by atoms with Crippen LogP contribution in [0.4, 0.5) is 0 Å². The Morgan fingerprint density at radius 1 is 1.33 bits per heavy atom. The first kappa shape index (κ1) is 14.7. The van der Waals surface area contributed by atoms with Crippen LogP contribution in [0, 0.1) is 5.41 Å². The average molecular weight is 248 g/mol. The normalized spacial score (nSPS) is 13.1. The topological polar surface area (TPSA) is 55.1 Å². The minimum Gasteiger partial charge on any atom is -0.349 e. The summed E-state index contributed by atoms with van der Waals surface area (Å²) in [5, 5.41) is 3.11. The van der Waals surface area contributed by atoms with Crippen molar-refractivity contribution in [3.05, 3.63) is 35.9 Å². The van der Waals surface area contributed by atoms with E-state index in [0.29, 0.717) is 6.54 Å². The van der Waals surface area contributed by atoms with Gasteiger partial charge in [-0.15, -0.1) is 0 Å². The van der Waals surface area contributed by atoms with E-state index in [1.807, 2.05) is 32.0 Å². The van der Waals surface area contributed by atoms with Gasteiger partial charge in [0.15, 0.2) is 0 Å². The number of nitrogens with two attached hydrogens (primary N) is 1. The Morgan fingerprint density at radius 3 is 2.44 bits per heavy atom. The van der Waals surface area contributed by atoms with Crippen molar-refractivity contribution >= 4 is 5.91 Å². The molecule has 0 spiro atoms. The molecule has 0 heterocycles. The molecule has 3 nitrogen and oxygen atoms in total. The van der Waals surface area contributed by atoms with Crippen LogP contribution in [-0.2, 0) is 4.79 Å². The van der Waals surface area contributed by atoms with Crippen LogP contribution in [0.2, 0.25) is 0 Å². The van der Waals surface area contributed by atoms with Crippen LogP contribution in [0.25, 0.3) is 0 Å². The van der Waals surface area contributed by atoms with Crippen molar-refractivity contribution in [1.82, 2.24) is 5.32 Å². The largest absolute Gasteiger partial charge is 0.349 e. The molecule has 0 aliphatic rings. The summed E-state index contributed by atoms with van der Waals surface area (Å²) < 4.78 is 0. The summed E-state index contributed by atoms with van der Waals surface area (Å²) in [6, 6.07) is 10.2. The third kappa shape index (κ3) is 3.84. The number of carbonyl (C=O) groups excluding carboxylic acids is 1. The molecular weight excluding hydrogens is 224 g/mol. The standard InChI is InChI=1S/C15H24N2O/c1-4-8-13(12-9-6-5-7-10-12)17-14(18)15(2,3)11-16/h5-7,9-10,13H,4,8,11,16H2,1-3H3,(H,17,18). The monoisotopic (exact) mass is 248 g/mol. The number of carbonyl (C=O) groups is 1. The van der Waals surface area contributed by atoms with Crippen LogP contribution in [-0.4, -0.2) is 12.5 Å². The van der Waals surface area contributed by atoms with Gasteiger partial charge in [-0.25, -0.2) is 0 Å². The molecule has 0 radical (unpaired) electrons. The van der Waals surface area contributed by atoms with Crippen LogP contribution in [0.3, 0.4) is 0 Å². The van der Waals surface area contributed by atoms with E-state index in [9.17, 15) is 4.79 Å². The zero-order chi connectivity index (χ0) is 13.6. The molecule has 1 atom stereocenters. The molecule has 3 N–H and O–H groups in total. The first-order valence-corrected chi connectivity index (χ1v) is 6.57. The van der Waals surface area contributed by atoms with E-state index in [4.69, 9.17) is 5.73 Å². The number of rotatable bonds is 6. The highest BCUT2D eigenvalue weighted by atomic mass is 16.2. The predicted octanol–water partition coefficient (Wildman–Crippen LogP) is 2.63. The SMILES string of the molecule is CCCC(NC(=O)C(C)(C)CN)c1ccccc1. The van der Waals surface area contributed by atoms with Gasteiger partial charge in [0, 0.05) is 6.54 Å². The highest BCUT2D eigenvalue weighted by molar-refractivity contribution is 5.82. The molecule has 0 saturated heterocycles. The van der Waals surface area contributed by atoms with Gasteiger partial charge in [-0.05, 0) is 25.8 Å². The van der Waals surface area contributed by atoms with Gasteiger partial charge in [-0.1, -0.05) is 43.7 Å². The molecule has 1 amide bonds. The lowest BCUT2D eigenvalue weighted by atomic mass is 9.91. The van der Waals surface area contributed by atoms with Crippen molar-refractivity contribution in [1.29, 1.82) is 0 Å². The third-order valence-electron chi connectivity index (χ3n) is 3.21. The predicted molar refractivity (Wildman–Crippen MR) is 75.1 cm³/mol. The Bertz CT molecular complexity index is 373. The Balaban J connectivity index is 2.79. The van der Waals surface area contributed by atoms with Crippen LogP contribution in [0.1, 0.15) is 45.2 Å². The molecule has 0 bridgehead atoms. The second-order valence-electron chi connectivity index (χ2n) is 5.31. The fraction of sp³-hybridized carbons (Fsp3) is 0.533. The Hall–Kier alpha value is -1.35. The zero-order valence-electron chi connectivity index (χ0n) is 11.6. The quantitative estimate of drug-likeness (QED) is 0.813. The molecule has 0 fully saturated rings. The highest BCUT2D eigenvalue weighted by Crippen LogP contribution is 2.21. The maximum Gasteiger partial charge on any atom is 0.227 e. The third-order valence-corrected chi connectivity index (χ3v) is 3.21. The molecule has 18 heavy (non-hydrogen) atoms. The number of amides is 1. The second kappa shape index (κ2) is 6.55. The first-order valence-electron chi connectivity index (χ1n) is 6.57. The van der Waals surface area contributed by atoms with Crippen LogP contribution >= 0.6 is 0 Å². The zero-order valence-corrected chi connectivity index (χ0v) is 11.6. The molecular formula is C15H24N2O. The number of nitrogens with one attached hydrogen (secondary N) is 1. The molecule has 1 aromatic rings. The number of hydrogen-bond acceptors (Lipinski definition) is 2. The molecule has 0 saturated carbocycles. The van der Waals surface area contributed by atoms with Gasteiger partial charge in [0.2, 0.25) is 5.91 Å². The van der Waals surface area contributed by atoms with Crippen LogP contribution in [0.15, 0.2) is 30.3 Å². The second-order valence-corrected chi connectivity index (χ2v) is 5.31. The molecule has 1 unspecified atom stereocenters. The molecule has 1 aromatic carbocycles. The maximum absolute atomic E-state index is 12.2. The summed E-state index contributed by atoms with van der Waals surface area (Å²) in [7, 11) is 0. The lowest BCUT2D eigenvalue weighted by Crippen LogP contribution is -2.43. The molecule has 100 valence electrons. The number of benzene rings is 1. The minimum atomic E-state index is -0.513. The molecule has 0 aliphatic heterocycles. The van der Waals surface area contributed by atoms with Crippen molar-refractivity contribution in [3.8, 4) is 0 Å². The molecule has 0 aliphatic carbocycles. The average Bonchev–Trinajstić information content (AvgIpc) is 2.39. The summed E-state index contributed by atoms with van der Waals surface area (Å²) >= 11 is 0. The van der Waals surface area contributed by atoms with E-state index in [0.717, 1.165) is 18.4 Å². The van der Waals surface area contributed by atoms with E-state index in [2.05, 4.69) is 24.4 Å². The minimum absolute atomic E-state index is 0.0207. The Kier molecular flexibility index (Phi) is 5.35. The van der Waals surface area contributed by atoms with Gasteiger partial charge >= 0.3 is 0 Å². The van der Waals surface area contributed by atoms with Gasteiger partial charge in [0.25, 0.3) is 0 Å². The Labute approximate surface area is 110 Å². The van der Waals surface area contributed by atoms with Crippen molar-refractivity contribution in [3.63, 3.8) is 0 Å².